The van der Waals surface area contributed by atoms with Crippen LogP contribution in [0, 0.1) is 12.8 Å². The van der Waals surface area contributed by atoms with Crippen LogP contribution in [-0.2, 0) is 19.1 Å². The topological polar surface area (TPSA) is 153 Å². The van der Waals surface area contributed by atoms with Gasteiger partial charge < -0.3 is 25.0 Å². The minimum absolute atomic E-state index is 0.0645. The maximum absolute atomic E-state index is 11.2. The van der Waals surface area contributed by atoms with Crippen LogP contribution in [0.5, 0.6) is 0 Å². The molecule has 2 aliphatic rings. The molecule has 4 heterocycles. The summed E-state index contributed by atoms with van der Waals surface area (Å²) in [5.41, 5.74) is 0. The largest absolute Gasteiger partial charge is 0.483 e. The molecule has 2 atom stereocenters. The molecule has 2 aromatic rings. The Kier molecular flexibility index (Phi) is 8.89. The zero-order valence-corrected chi connectivity index (χ0v) is 17.2. The van der Waals surface area contributed by atoms with Gasteiger partial charge in [0.1, 0.15) is 16.5 Å². The number of rotatable bonds is 3. The van der Waals surface area contributed by atoms with Crippen LogP contribution < -0.4 is 4.90 Å². The zero-order chi connectivity index (χ0) is 22.1. The highest BCUT2D eigenvalue weighted by Gasteiger charge is 2.35. The number of anilines is 1. The van der Waals surface area contributed by atoms with E-state index in [1.54, 1.807) is 11.3 Å². The molecule has 2 saturated heterocycles. The van der Waals surface area contributed by atoms with Crippen molar-refractivity contribution in [2.75, 3.05) is 44.3 Å². The van der Waals surface area contributed by atoms with E-state index in [1.165, 1.54) is 0 Å². The second-order valence-corrected chi connectivity index (χ2v) is 7.62. The molecular weight excluding hydrogens is 416 g/mol. The van der Waals surface area contributed by atoms with E-state index in [1.807, 2.05) is 17.2 Å². The molecule has 4 rings (SSSR count). The molecule has 12 heteroatoms. The second-order valence-electron chi connectivity index (χ2n) is 6.73. The number of carbonyl (C=O) groups is 3. The summed E-state index contributed by atoms with van der Waals surface area (Å²) in [6, 6.07) is 2.14. The van der Waals surface area contributed by atoms with E-state index in [2.05, 4.69) is 16.0 Å². The fraction of sp³-hybridized carbons (Fsp3) is 0.500. The predicted octanol–water partition coefficient (Wildman–Crippen LogP) is 0.623. The summed E-state index contributed by atoms with van der Waals surface area (Å²) in [5, 5.41) is 26.1. The molecule has 0 amide bonds. The van der Waals surface area contributed by atoms with Gasteiger partial charge in [-0.05, 0) is 18.4 Å². The van der Waals surface area contributed by atoms with Gasteiger partial charge in [0.15, 0.2) is 0 Å². The first kappa shape index (κ1) is 23.4. The molecule has 2 aliphatic heterocycles. The van der Waals surface area contributed by atoms with Crippen LogP contribution in [0.2, 0.25) is 0 Å². The quantitative estimate of drug-likeness (QED) is 0.576. The molecule has 11 nitrogen and oxygen atoms in total. The van der Waals surface area contributed by atoms with Gasteiger partial charge in [-0.1, -0.05) is 0 Å². The molecule has 0 spiro atoms. The van der Waals surface area contributed by atoms with E-state index in [9.17, 15) is 9.90 Å². The lowest BCUT2D eigenvalue weighted by Crippen LogP contribution is -2.46. The van der Waals surface area contributed by atoms with Crippen LogP contribution in [-0.4, -0.2) is 94.5 Å². The average Bonchev–Trinajstić information content (AvgIpc) is 2.96. The highest BCUT2D eigenvalue weighted by atomic mass is 32.1. The highest BCUT2D eigenvalue weighted by molar-refractivity contribution is 7.16. The lowest BCUT2D eigenvalue weighted by atomic mass is 10.1. The number of aliphatic carboxylic acids is 1. The number of carboxylic acid groups (broad SMARTS) is 3. The molecule has 2 fully saturated rings. The van der Waals surface area contributed by atoms with Crippen molar-refractivity contribution in [3.63, 3.8) is 0 Å². The number of hydrogen-bond donors (Lipinski definition) is 3. The van der Waals surface area contributed by atoms with Crippen molar-refractivity contribution in [1.82, 2.24) is 14.9 Å². The highest BCUT2D eigenvalue weighted by Crippen LogP contribution is 2.31. The van der Waals surface area contributed by atoms with Crippen molar-refractivity contribution in [3.05, 3.63) is 17.3 Å². The van der Waals surface area contributed by atoms with Crippen LogP contribution in [0.1, 0.15) is 5.82 Å². The third-order valence-corrected chi connectivity index (χ3v) is 5.44. The van der Waals surface area contributed by atoms with Crippen molar-refractivity contribution in [2.45, 2.75) is 13.0 Å². The van der Waals surface area contributed by atoms with E-state index in [0.29, 0.717) is 13.2 Å². The van der Waals surface area contributed by atoms with Crippen LogP contribution >= 0.6 is 11.3 Å². The van der Waals surface area contributed by atoms with Gasteiger partial charge in [0, 0.05) is 25.6 Å². The Morgan fingerprint density at radius 3 is 2.60 bits per heavy atom. The molecular formula is C18H24N4O7S. The summed E-state index contributed by atoms with van der Waals surface area (Å²) in [4.78, 5) is 42.5. The molecule has 0 aliphatic carbocycles. The summed E-state index contributed by atoms with van der Waals surface area (Å²) in [6.07, 6.45) is 0. The number of ether oxygens (including phenoxy) is 1. The fourth-order valence-electron chi connectivity index (χ4n) is 3.65. The monoisotopic (exact) mass is 440 g/mol. The number of aryl methyl sites for hydroxylation is 1. The molecule has 3 N–H and O–H groups in total. The number of fused-ring (bicyclic) bond motifs is 4. The van der Waals surface area contributed by atoms with Crippen LogP contribution in [0.3, 0.4) is 0 Å². The van der Waals surface area contributed by atoms with E-state index in [4.69, 9.17) is 29.5 Å². The van der Waals surface area contributed by atoms with E-state index >= 15 is 0 Å². The van der Waals surface area contributed by atoms with Crippen molar-refractivity contribution >= 4 is 46.3 Å². The number of aromatic nitrogens is 2. The van der Waals surface area contributed by atoms with Gasteiger partial charge in [-0.2, -0.15) is 0 Å². The first-order valence-electron chi connectivity index (χ1n) is 9.09. The smallest absolute Gasteiger partial charge is 0.317 e. The third kappa shape index (κ3) is 6.08. The molecule has 0 radical (unpaired) electrons. The number of carboxylic acids is 1. The minimum atomic E-state index is -0.785. The molecule has 2 bridgehead atoms. The van der Waals surface area contributed by atoms with Crippen molar-refractivity contribution in [3.8, 4) is 0 Å². The third-order valence-electron chi connectivity index (χ3n) is 4.64. The summed E-state index contributed by atoms with van der Waals surface area (Å²) in [7, 11) is 0. The van der Waals surface area contributed by atoms with Gasteiger partial charge in [0.05, 0.1) is 31.2 Å². The number of hydrogen-bond acceptors (Lipinski definition) is 9. The van der Waals surface area contributed by atoms with Gasteiger partial charge >= 0.3 is 5.97 Å². The standard InChI is InChI=1S/C16H20N4O3S.2CH2O2/c1-10-17-15(13-2-3-24-16(13)18-10)20-5-11-4-19(7-14(21)22)12(6-20)9-23-8-11;2*2-1-3/h2-3,11-12H,4-9H2,1H3,(H,21,22);2*1H,(H,2,3)/t11-,12+;;/m1../s1. The zero-order valence-electron chi connectivity index (χ0n) is 16.4. The van der Waals surface area contributed by atoms with Crippen molar-refractivity contribution in [1.29, 1.82) is 0 Å². The fourth-order valence-corrected chi connectivity index (χ4v) is 4.46. The van der Waals surface area contributed by atoms with Gasteiger partial charge in [0.25, 0.3) is 12.9 Å². The van der Waals surface area contributed by atoms with Gasteiger partial charge in [-0.25, -0.2) is 9.97 Å². The van der Waals surface area contributed by atoms with E-state index in [0.717, 1.165) is 41.5 Å². The molecule has 0 unspecified atom stereocenters. The summed E-state index contributed by atoms with van der Waals surface area (Å²) in [6.45, 7) is 5.02. The predicted molar refractivity (Wildman–Crippen MR) is 109 cm³/mol. The maximum atomic E-state index is 11.2. The average molecular weight is 440 g/mol. The Morgan fingerprint density at radius 2 is 1.93 bits per heavy atom. The maximum Gasteiger partial charge on any atom is 0.317 e. The molecule has 30 heavy (non-hydrogen) atoms. The summed E-state index contributed by atoms with van der Waals surface area (Å²) < 4.78 is 5.76. The lowest BCUT2D eigenvalue weighted by molar-refractivity contribution is -0.139. The lowest BCUT2D eigenvalue weighted by Gasteiger charge is -2.31. The van der Waals surface area contributed by atoms with Crippen molar-refractivity contribution in [2.24, 2.45) is 5.92 Å². The molecule has 0 saturated carbocycles. The van der Waals surface area contributed by atoms with Crippen LogP contribution in [0.4, 0.5) is 5.82 Å². The Labute approximate surface area is 176 Å². The Hall–Kier alpha value is -2.83. The van der Waals surface area contributed by atoms with Crippen molar-refractivity contribution < 1.29 is 34.4 Å². The summed E-state index contributed by atoms with van der Waals surface area (Å²) in [5.74, 6) is 1.23. The number of thiophene rings is 1. The SMILES string of the molecule is Cc1nc(N2C[C@@H]3COC[C@H](C2)N(CC(=O)O)C3)c2ccsc2n1.O=CO.O=CO. The van der Waals surface area contributed by atoms with Gasteiger partial charge in [-0.15, -0.1) is 11.3 Å². The van der Waals surface area contributed by atoms with Gasteiger partial charge in [0.2, 0.25) is 0 Å². The molecule has 164 valence electrons. The Bertz CT molecular complexity index is 856. The first-order valence-corrected chi connectivity index (χ1v) is 9.97. The van der Waals surface area contributed by atoms with E-state index in [-0.39, 0.29) is 31.4 Å². The Morgan fingerprint density at radius 1 is 1.23 bits per heavy atom. The minimum Gasteiger partial charge on any atom is -0.483 e. The van der Waals surface area contributed by atoms with Crippen LogP contribution in [0.25, 0.3) is 10.2 Å². The first-order chi connectivity index (χ1) is 14.4. The second kappa shape index (κ2) is 11.4. The summed E-state index contributed by atoms with van der Waals surface area (Å²) >= 11 is 1.62. The van der Waals surface area contributed by atoms with Crippen LogP contribution in [0.15, 0.2) is 11.4 Å². The molecule has 2 aromatic heterocycles. The number of nitrogens with zero attached hydrogens (tertiary/aromatic N) is 4. The normalized spacial score (nSPS) is 20.8. The Balaban J connectivity index is 0.000000480. The molecule has 0 aromatic carbocycles. The van der Waals surface area contributed by atoms with Gasteiger partial charge in [-0.3, -0.25) is 19.3 Å². The van der Waals surface area contributed by atoms with E-state index < -0.39 is 5.97 Å².